The van der Waals surface area contributed by atoms with Crippen LogP contribution in [0.15, 0.2) is 4.99 Å². The number of aliphatic imine (C=N–C) groups is 1. The van der Waals surface area contributed by atoms with Gasteiger partial charge in [-0.3, -0.25) is 4.99 Å². The number of hydrogen-bond donors (Lipinski definition) is 1. The molecule has 1 unspecified atom stereocenters. The topological polar surface area (TPSA) is 66.4 Å². The summed E-state index contributed by atoms with van der Waals surface area (Å²) in [5.41, 5.74) is -0.480. The maximum Gasteiger partial charge on any atom is 0.410 e. The van der Waals surface area contributed by atoms with Crippen molar-refractivity contribution in [2.75, 3.05) is 53.0 Å². The van der Waals surface area contributed by atoms with E-state index in [9.17, 15) is 4.79 Å². The minimum absolute atomic E-state index is 0.286. The molecule has 1 aliphatic heterocycles. The summed E-state index contributed by atoms with van der Waals surface area (Å²) in [6.07, 6.45) is 0.818. The molecule has 0 aromatic rings. The Bertz CT molecular complexity index is 429. The first-order valence-electron chi connectivity index (χ1n) is 9.32. The average molecular weight is 357 g/mol. The Balaban J connectivity index is 2.55. The van der Waals surface area contributed by atoms with Gasteiger partial charge in [0.1, 0.15) is 5.60 Å². The Morgan fingerprint density at radius 3 is 2.60 bits per heavy atom. The van der Waals surface area contributed by atoms with Crippen LogP contribution in [-0.2, 0) is 9.47 Å². The Hall–Kier alpha value is -1.50. The normalized spacial score (nSPS) is 18.2. The summed E-state index contributed by atoms with van der Waals surface area (Å²) in [5, 5.41) is 3.32. The molecule has 1 amide bonds. The highest BCUT2D eigenvalue weighted by molar-refractivity contribution is 5.79. The van der Waals surface area contributed by atoms with E-state index in [1.807, 2.05) is 34.7 Å². The molecule has 1 N–H and O–H groups in total. The molecule has 0 bridgehead atoms. The summed E-state index contributed by atoms with van der Waals surface area (Å²) >= 11 is 0. The number of likely N-dealkylation sites (N-methyl/N-ethyl adjacent to an activating group) is 1. The van der Waals surface area contributed by atoms with E-state index in [2.05, 4.69) is 22.1 Å². The highest BCUT2D eigenvalue weighted by atomic mass is 16.6. The zero-order valence-electron chi connectivity index (χ0n) is 16.8. The fraction of sp³-hybridized carbons (Fsp3) is 0.889. The van der Waals surface area contributed by atoms with Crippen LogP contribution in [0.4, 0.5) is 4.79 Å². The molecule has 0 saturated carbocycles. The average Bonchev–Trinajstić information content (AvgIpc) is 3.01. The van der Waals surface area contributed by atoms with Gasteiger partial charge in [-0.25, -0.2) is 4.79 Å². The SMILES string of the molecule is CCNC(=NCCN(CC)C(=O)OC(C)(C)C)N(C)CC1CCOC1. The summed E-state index contributed by atoms with van der Waals surface area (Å²) in [7, 11) is 2.05. The Morgan fingerprint density at radius 2 is 2.08 bits per heavy atom. The third kappa shape index (κ3) is 8.43. The number of amides is 1. The number of nitrogens with zero attached hydrogens (tertiary/aromatic N) is 3. The van der Waals surface area contributed by atoms with Gasteiger partial charge in [-0.2, -0.15) is 0 Å². The minimum atomic E-state index is -0.480. The van der Waals surface area contributed by atoms with Crippen LogP contribution in [-0.4, -0.2) is 80.4 Å². The number of nitrogens with one attached hydrogen (secondary N) is 1. The van der Waals surface area contributed by atoms with Gasteiger partial charge in [0, 0.05) is 45.8 Å². The Morgan fingerprint density at radius 1 is 1.36 bits per heavy atom. The molecule has 1 heterocycles. The Kier molecular flexibility index (Phi) is 9.03. The van der Waals surface area contributed by atoms with Crippen LogP contribution in [0.2, 0.25) is 0 Å². The zero-order valence-corrected chi connectivity index (χ0v) is 16.8. The zero-order chi connectivity index (χ0) is 18.9. The number of carbonyl (C=O) groups excluding carboxylic acids is 1. The quantitative estimate of drug-likeness (QED) is 0.559. The summed E-state index contributed by atoms with van der Waals surface area (Å²) in [6, 6.07) is 0. The molecular weight excluding hydrogens is 320 g/mol. The van der Waals surface area contributed by atoms with Crippen molar-refractivity contribution in [2.45, 2.75) is 46.6 Å². The second-order valence-electron chi connectivity index (χ2n) is 7.41. The molecule has 1 saturated heterocycles. The van der Waals surface area contributed by atoms with E-state index in [1.54, 1.807) is 4.90 Å². The smallest absolute Gasteiger partial charge is 0.410 e. The van der Waals surface area contributed by atoms with Crippen molar-refractivity contribution in [1.82, 2.24) is 15.1 Å². The fourth-order valence-corrected chi connectivity index (χ4v) is 2.65. The third-order valence-corrected chi connectivity index (χ3v) is 3.92. The number of guanidine groups is 1. The van der Waals surface area contributed by atoms with Crippen LogP contribution in [0.1, 0.15) is 41.0 Å². The monoisotopic (exact) mass is 356 g/mol. The summed E-state index contributed by atoms with van der Waals surface area (Å²) in [6.45, 7) is 14.7. The molecule has 0 spiro atoms. The highest BCUT2D eigenvalue weighted by Gasteiger charge is 2.21. The highest BCUT2D eigenvalue weighted by Crippen LogP contribution is 2.13. The maximum absolute atomic E-state index is 12.2. The lowest BCUT2D eigenvalue weighted by Gasteiger charge is -2.27. The van der Waals surface area contributed by atoms with Crippen molar-refractivity contribution in [2.24, 2.45) is 10.9 Å². The fourth-order valence-electron chi connectivity index (χ4n) is 2.65. The van der Waals surface area contributed by atoms with Crippen LogP contribution < -0.4 is 5.32 Å². The van der Waals surface area contributed by atoms with E-state index in [-0.39, 0.29) is 6.09 Å². The summed E-state index contributed by atoms with van der Waals surface area (Å²) in [4.78, 5) is 20.7. The van der Waals surface area contributed by atoms with Crippen LogP contribution in [0.25, 0.3) is 0 Å². The Labute approximate surface area is 152 Å². The first-order valence-corrected chi connectivity index (χ1v) is 9.32. The molecule has 0 radical (unpaired) electrons. The van der Waals surface area contributed by atoms with E-state index in [4.69, 9.17) is 9.47 Å². The predicted octanol–water partition coefficient (Wildman–Crippen LogP) is 2.18. The van der Waals surface area contributed by atoms with Crippen molar-refractivity contribution in [1.29, 1.82) is 0 Å². The number of rotatable bonds is 7. The first-order chi connectivity index (χ1) is 11.8. The number of carbonyl (C=O) groups is 1. The molecule has 7 heteroatoms. The maximum atomic E-state index is 12.2. The molecular formula is C18H36N4O3. The van der Waals surface area contributed by atoms with Gasteiger partial charge in [0.2, 0.25) is 0 Å². The molecule has 25 heavy (non-hydrogen) atoms. The molecule has 0 aliphatic carbocycles. The summed E-state index contributed by atoms with van der Waals surface area (Å²) < 4.78 is 10.9. The van der Waals surface area contributed by atoms with Crippen molar-refractivity contribution < 1.29 is 14.3 Å². The molecule has 146 valence electrons. The lowest BCUT2D eigenvalue weighted by Crippen LogP contribution is -2.42. The van der Waals surface area contributed by atoms with Crippen LogP contribution in [0, 0.1) is 5.92 Å². The number of ether oxygens (including phenoxy) is 2. The molecule has 1 atom stereocenters. The molecule has 0 aromatic heterocycles. The molecule has 1 rings (SSSR count). The van der Waals surface area contributed by atoms with Gasteiger partial charge in [-0.1, -0.05) is 0 Å². The lowest BCUT2D eigenvalue weighted by atomic mass is 10.1. The van der Waals surface area contributed by atoms with Crippen LogP contribution >= 0.6 is 0 Å². The minimum Gasteiger partial charge on any atom is -0.444 e. The van der Waals surface area contributed by atoms with E-state index in [0.29, 0.717) is 25.6 Å². The second kappa shape index (κ2) is 10.5. The summed E-state index contributed by atoms with van der Waals surface area (Å²) in [5.74, 6) is 1.43. The van der Waals surface area contributed by atoms with Crippen molar-refractivity contribution in [3.05, 3.63) is 0 Å². The largest absolute Gasteiger partial charge is 0.444 e. The van der Waals surface area contributed by atoms with Gasteiger partial charge in [-0.05, 0) is 41.0 Å². The molecule has 0 aromatic carbocycles. The predicted molar refractivity (Wildman–Crippen MR) is 101 cm³/mol. The van der Waals surface area contributed by atoms with Gasteiger partial charge in [0.25, 0.3) is 0 Å². The van der Waals surface area contributed by atoms with Crippen molar-refractivity contribution in [3.63, 3.8) is 0 Å². The van der Waals surface area contributed by atoms with E-state index >= 15 is 0 Å². The molecule has 7 nitrogen and oxygen atoms in total. The number of hydrogen-bond acceptors (Lipinski definition) is 4. The van der Waals surface area contributed by atoms with Crippen LogP contribution in [0.5, 0.6) is 0 Å². The van der Waals surface area contributed by atoms with Gasteiger partial charge in [-0.15, -0.1) is 0 Å². The van der Waals surface area contributed by atoms with Crippen molar-refractivity contribution >= 4 is 12.1 Å². The van der Waals surface area contributed by atoms with Crippen LogP contribution in [0.3, 0.4) is 0 Å². The molecule has 1 fully saturated rings. The lowest BCUT2D eigenvalue weighted by molar-refractivity contribution is 0.0266. The molecule has 1 aliphatic rings. The van der Waals surface area contributed by atoms with Gasteiger partial charge in [0.15, 0.2) is 5.96 Å². The standard InChI is InChI=1S/C18H36N4O3/c1-7-19-16(21(6)13-15-9-12-24-14-15)20-10-11-22(8-2)17(23)25-18(3,4)5/h15H,7-14H2,1-6H3,(H,19,20). The van der Waals surface area contributed by atoms with Gasteiger partial charge < -0.3 is 24.6 Å². The van der Waals surface area contributed by atoms with Crippen molar-refractivity contribution in [3.8, 4) is 0 Å². The third-order valence-electron chi connectivity index (χ3n) is 3.92. The van der Waals surface area contributed by atoms with E-state index in [1.165, 1.54) is 0 Å². The van der Waals surface area contributed by atoms with E-state index < -0.39 is 5.60 Å². The van der Waals surface area contributed by atoms with E-state index in [0.717, 1.165) is 38.7 Å². The second-order valence-corrected chi connectivity index (χ2v) is 7.41. The van der Waals surface area contributed by atoms with Gasteiger partial charge >= 0.3 is 6.09 Å². The first kappa shape index (κ1) is 21.5. The van der Waals surface area contributed by atoms with Gasteiger partial charge in [0.05, 0.1) is 13.2 Å².